The zero-order valence-electron chi connectivity index (χ0n) is 12.0. The zero-order chi connectivity index (χ0) is 15.6. The lowest BCUT2D eigenvalue weighted by molar-refractivity contribution is -0.113. The highest BCUT2D eigenvalue weighted by Gasteiger charge is 2.33. The first kappa shape index (κ1) is 15.3. The highest BCUT2D eigenvalue weighted by atomic mass is 32.2. The third kappa shape index (κ3) is 3.08. The highest BCUT2D eigenvalue weighted by molar-refractivity contribution is 8.00. The van der Waals surface area contributed by atoms with Crippen molar-refractivity contribution in [2.75, 3.05) is 30.8 Å². The highest BCUT2D eigenvalue weighted by Crippen LogP contribution is 2.29. The maximum atomic E-state index is 12.4. The van der Waals surface area contributed by atoms with E-state index in [1.54, 1.807) is 12.1 Å². The molecule has 1 aromatic rings. The van der Waals surface area contributed by atoms with E-state index in [-0.39, 0.29) is 24.1 Å². The number of aliphatic hydroxyl groups excluding tert-OH is 1. The summed E-state index contributed by atoms with van der Waals surface area (Å²) in [5.41, 5.74) is -0.356. The predicted octanol–water partition coefficient (Wildman–Crippen LogP) is -0.0299. The van der Waals surface area contributed by atoms with Crippen LogP contribution in [0.1, 0.15) is 23.3 Å². The maximum absolute atomic E-state index is 12.4. The number of thioether (sulfide) groups is 1. The van der Waals surface area contributed by atoms with Crippen molar-refractivity contribution in [3.05, 3.63) is 17.8 Å². The number of nitrogens with one attached hydrogen (secondary N) is 3. The molecule has 0 radical (unpaired) electrons. The van der Waals surface area contributed by atoms with E-state index >= 15 is 0 Å². The number of hydrogen-bond acceptors (Lipinski definition) is 6. The summed E-state index contributed by atoms with van der Waals surface area (Å²) in [5.74, 6) is 0.342. The number of aromatic nitrogens is 1. The largest absolute Gasteiger partial charge is 0.394 e. The number of aliphatic hydroxyl groups is 1. The Kier molecular flexibility index (Phi) is 4.32. The molecule has 8 heteroatoms. The molecule has 7 nitrogen and oxygen atoms in total. The van der Waals surface area contributed by atoms with Gasteiger partial charge in [-0.15, -0.1) is 11.8 Å². The molecule has 0 aliphatic carbocycles. The number of hydrogen-bond donors (Lipinski definition) is 4. The molecule has 2 aliphatic heterocycles. The molecule has 3 heterocycles. The number of piperidine rings is 1. The van der Waals surface area contributed by atoms with Gasteiger partial charge in [-0.1, -0.05) is 0 Å². The molecular formula is C14H18N4O3S. The van der Waals surface area contributed by atoms with Gasteiger partial charge >= 0.3 is 0 Å². The van der Waals surface area contributed by atoms with Crippen LogP contribution in [0.3, 0.4) is 0 Å². The summed E-state index contributed by atoms with van der Waals surface area (Å²) in [5, 5.41) is 18.4. The lowest BCUT2D eigenvalue weighted by atomic mass is 9.89. The number of fused-ring (bicyclic) bond motifs is 1. The van der Waals surface area contributed by atoms with Gasteiger partial charge in [0, 0.05) is 0 Å². The molecule has 1 saturated heterocycles. The first-order valence-electron chi connectivity index (χ1n) is 7.20. The minimum absolute atomic E-state index is 0.0993. The van der Waals surface area contributed by atoms with Gasteiger partial charge < -0.3 is 21.1 Å². The first-order chi connectivity index (χ1) is 10.6. The summed E-state index contributed by atoms with van der Waals surface area (Å²) >= 11 is 1.40. The summed E-state index contributed by atoms with van der Waals surface area (Å²) in [4.78, 5) is 28.9. The van der Waals surface area contributed by atoms with Crippen LogP contribution < -0.4 is 16.0 Å². The molecule has 118 valence electrons. The van der Waals surface area contributed by atoms with Crippen molar-refractivity contribution in [2.45, 2.75) is 23.3 Å². The van der Waals surface area contributed by atoms with Crippen LogP contribution in [0.15, 0.2) is 17.0 Å². The SMILES string of the molecule is O=C1CSc2ccc(C(=O)NC3(CO)CCNCC3)nc2N1. The van der Waals surface area contributed by atoms with Crippen molar-refractivity contribution in [1.82, 2.24) is 15.6 Å². The standard InChI is InChI=1S/C14H18N4O3S/c19-8-14(3-5-15-6-4-14)18-13(21)9-1-2-10-12(16-9)17-11(20)7-22-10/h1-2,15,19H,3-8H2,(H,18,21)(H,16,17,20). The Morgan fingerprint density at radius 1 is 1.41 bits per heavy atom. The van der Waals surface area contributed by atoms with Gasteiger partial charge in [0.05, 0.1) is 22.8 Å². The molecular weight excluding hydrogens is 304 g/mol. The number of anilines is 1. The summed E-state index contributed by atoms with van der Waals surface area (Å²) in [6.45, 7) is 1.41. The van der Waals surface area contributed by atoms with Crippen molar-refractivity contribution >= 4 is 29.4 Å². The minimum atomic E-state index is -0.599. The molecule has 1 fully saturated rings. The van der Waals surface area contributed by atoms with Crippen LogP contribution in [0, 0.1) is 0 Å². The number of nitrogens with zero attached hydrogens (tertiary/aromatic N) is 1. The molecule has 0 bridgehead atoms. The van der Waals surface area contributed by atoms with Crippen LogP contribution in [-0.2, 0) is 4.79 Å². The Labute approximate surface area is 132 Å². The molecule has 2 amide bonds. The van der Waals surface area contributed by atoms with Gasteiger partial charge in [-0.3, -0.25) is 9.59 Å². The number of pyridine rings is 1. The summed E-state index contributed by atoms with van der Waals surface area (Å²) < 4.78 is 0. The lowest BCUT2D eigenvalue weighted by Gasteiger charge is -2.36. The topological polar surface area (TPSA) is 103 Å². The first-order valence-corrected chi connectivity index (χ1v) is 8.18. The van der Waals surface area contributed by atoms with Crippen LogP contribution >= 0.6 is 11.8 Å². The second-order valence-corrected chi connectivity index (χ2v) is 6.54. The molecule has 0 spiro atoms. The second kappa shape index (κ2) is 6.23. The molecule has 0 unspecified atom stereocenters. The van der Waals surface area contributed by atoms with E-state index in [0.717, 1.165) is 18.0 Å². The molecule has 2 aliphatic rings. The van der Waals surface area contributed by atoms with E-state index in [1.165, 1.54) is 11.8 Å². The second-order valence-electron chi connectivity index (χ2n) is 5.52. The van der Waals surface area contributed by atoms with Gasteiger partial charge in [0.2, 0.25) is 5.91 Å². The lowest BCUT2D eigenvalue weighted by Crippen LogP contribution is -2.57. The van der Waals surface area contributed by atoms with Crippen molar-refractivity contribution < 1.29 is 14.7 Å². The molecule has 22 heavy (non-hydrogen) atoms. The van der Waals surface area contributed by atoms with E-state index in [1.807, 2.05) is 0 Å². The number of carbonyl (C=O) groups is 2. The van der Waals surface area contributed by atoms with Crippen LogP contribution in [0.2, 0.25) is 0 Å². The van der Waals surface area contributed by atoms with Crippen molar-refractivity contribution in [1.29, 1.82) is 0 Å². The van der Waals surface area contributed by atoms with Crippen LogP contribution in [-0.4, -0.2) is 52.9 Å². The number of carbonyl (C=O) groups excluding carboxylic acids is 2. The fourth-order valence-electron chi connectivity index (χ4n) is 2.62. The van der Waals surface area contributed by atoms with Crippen LogP contribution in [0.4, 0.5) is 5.82 Å². The molecule has 0 aromatic carbocycles. The van der Waals surface area contributed by atoms with Gasteiger partial charge in [-0.05, 0) is 38.1 Å². The van der Waals surface area contributed by atoms with Crippen molar-refractivity contribution in [3.8, 4) is 0 Å². The Balaban J connectivity index is 1.77. The zero-order valence-corrected chi connectivity index (χ0v) is 12.8. The Hall–Kier alpha value is -1.64. The molecule has 4 N–H and O–H groups in total. The van der Waals surface area contributed by atoms with Crippen molar-refractivity contribution in [2.24, 2.45) is 0 Å². The molecule has 0 saturated carbocycles. The van der Waals surface area contributed by atoms with Crippen LogP contribution in [0.5, 0.6) is 0 Å². The summed E-state index contributed by atoms with van der Waals surface area (Å²) in [7, 11) is 0. The van der Waals surface area contributed by atoms with E-state index in [2.05, 4.69) is 20.9 Å². The molecule has 1 aromatic heterocycles. The monoisotopic (exact) mass is 322 g/mol. The van der Waals surface area contributed by atoms with Gasteiger partial charge in [-0.2, -0.15) is 0 Å². The average Bonchev–Trinajstić information content (AvgIpc) is 2.55. The minimum Gasteiger partial charge on any atom is -0.394 e. The van der Waals surface area contributed by atoms with Gasteiger partial charge in [-0.25, -0.2) is 4.98 Å². The smallest absolute Gasteiger partial charge is 0.270 e. The number of amides is 2. The third-order valence-electron chi connectivity index (χ3n) is 3.95. The maximum Gasteiger partial charge on any atom is 0.270 e. The van der Waals surface area contributed by atoms with Crippen molar-refractivity contribution in [3.63, 3.8) is 0 Å². The summed E-state index contributed by atoms with van der Waals surface area (Å²) in [6.07, 6.45) is 1.35. The van der Waals surface area contributed by atoms with E-state index in [0.29, 0.717) is 24.4 Å². The number of rotatable bonds is 3. The molecule has 0 atom stereocenters. The Bertz CT molecular complexity index is 602. The van der Waals surface area contributed by atoms with E-state index in [4.69, 9.17) is 0 Å². The predicted molar refractivity (Wildman–Crippen MR) is 83.0 cm³/mol. The average molecular weight is 322 g/mol. The van der Waals surface area contributed by atoms with Crippen LogP contribution in [0.25, 0.3) is 0 Å². The quantitative estimate of drug-likeness (QED) is 0.623. The van der Waals surface area contributed by atoms with Gasteiger partial charge in [0.1, 0.15) is 11.5 Å². The van der Waals surface area contributed by atoms with E-state index in [9.17, 15) is 14.7 Å². The Morgan fingerprint density at radius 2 is 2.18 bits per heavy atom. The fourth-order valence-corrected chi connectivity index (χ4v) is 3.38. The Morgan fingerprint density at radius 3 is 2.91 bits per heavy atom. The fraction of sp³-hybridized carbons (Fsp3) is 0.500. The van der Waals surface area contributed by atoms with Gasteiger partial charge in [0.25, 0.3) is 5.91 Å². The summed E-state index contributed by atoms with van der Waals surface area (Å²) in [6, 6.07) is 3.43. The third-order valence-corrected chi connectivity index (χ3v) is 5.00. The normalized spacial score (nSPS) is 20.0. The molecule has 3 rings (SSSR count). The van der Waals surface area contributed by atoms with Gasteiger partial charge in [0.15, 0.2) is 0 Å². The van der Waals surface area contributed by atoms with E-state index < -0.39 is 5.54 Å².